The molecular formula is C12H18O5. The van der Waals surface area contributed by atoms with E-state index in [-0.39, 0.29) is 18.8 Å². The van der Waals surface area contributed by atoms with Gasteiger partial charge in [-0.15, -0.1) is 0 Å². The maximum atomic E-state index is 10.1. The van der Waals surface area contributed by atoms with Crippen molar-refractivity contribution < 1.29 is 23.7 Å². The number of hydrogen-bond donors (Lipinski definition) is 1. The van der Waals surface area contributed by atoms with E-state index in [0.717, 1.165) is 6.42 Å². The van der Waals surface area contributed by atoms with Crippen LogP contribution in [0.3, 0.4) is 0 Å². The Kier molecular flexibility index (Phi) is 4.56. The number of methoxy groups -OCH3 is 1. The molecule has 1 unspecified atom stereocenters. The molecule has 0 spiro atoms. The second-order valence-electron chi connectivity index (χ2n) is 4.12. The molecule has 5 heteroatoms. The zero-order chi connectivity index (χ0) is 12.1. The van der Waals surface area contributed by atoms with Crippen LogP contribution >= 0.6 is 0 Å². The van der Waals surface area contributed by atoms with Gasteiger partial charge in [-0.3, -0.25) is 0 Å². The van der Waals surface area contributed by atoms with Crippen LogP contribution in [0.25, 0.3) is 0 Å². The summed E-state index contributed by atoms with van der Waals surface area (Å²) in [5.74, 6) is 0.707. The molecule has 0 aliphatic carbocycles. The first-order chi connectivity index (χ1) is 8.33. The van der Waals surface area contributed by atoms with E-state index in [1.54, 1.807) is 25.5 Å². The molecule has 2 rings (SSSR count). The minimum Gasteiger partial charge on any atom is -0.466 e. The van der Waals surface area contributed by atoms with Crippen molar-refractivity contribution in [1.82, 2.24) is 0 Å². The van der Waals surface area contributed by atoms with Crippen molar-refractivity contribution >= 4 is 0 Å². The fraction of sp³-hybridized carbons (Fsp3) is 0.667. The second kappa shape index (κ2) is 6.16. The molecule has 0 saturated carbocycles. The summed E-state index contributed by atoms with van der Waals surface area (Å²) in [7, 11) is 1.58. The van der Waals surface area contributed by atoms with Gasteiger partial charge in [0.1, 0.15) is 18.7 Å². The molecule has 0 aromatic carbocycles. The summed E-state index contributed by atoms with van der Waals surface area (Å²) in [4.78, 5) is 0. The Hall–Kier alpha value is -0.880. The van der Waals surface area contributed by atoms with Gasteiger partial charge in [-0.1, -0.05) is 0 Å². The number of hydrogen-bond acceptors (Lipinski definition) is 5. The average Bonchev–Trinajstić information content (AvgIpc) is 3.00. The highest BCUT2D eigenvalue weighted by atomic mass is 16.7. The van der Waals surface area contributed by atoms with E-state index in [0.29, 0.717) is 19.0 Å². The minimum absolute atomic E-state index is 0.172. The predicted octanol–water partition coefficient (Wildman–Crippen LogP) is 1.34. The summed E-state index contributed by atoms with van der Waals surface area (Å²) in [5, 5.41) is 10.1. The van der Waals surface area contributed by atoms with Crippen LogP contribution in [0.15, 0.2) is 22.8 Å². The summed E-state index contributed by atoms with van der Waals surface area (Å²) < 4.78 is 20.9. The van der Waals surface area contributed by atoms with E-state index in [1.807, 2.05) is 0 Å². The van der Waals surface area contributed by atoms with Crippen molar-refractivity contribution in [2.24, 2.45) is 5.92 Å². The fourth-order valence-electron chi connectivity index (χ4n) is 2.09. The molecule has 1 N–H and O–H groups in total. The summed E-state index contributed by atoms with van der Waals surface area (Å²) in [6.45, 7) is 1.43. The third-order valence-corrected chi connectivity index (χ3v) is 2.94. The molecule has 0 radical (unpaired) electrons. The second-order valence-corrected chi connectivity index (χ2v) is 4.12. The molecule has 1 aromatic heterocycles. The van der Waals surface area contributed by atoms with E-state index >= 15 is 0 Å². The first-order valence-corrected chi connectivity index (χ1v) is 5.72. The van der Waals surface area contributed by atoms with Crippen LogP contribution in [0, 0.1) is 5.92 Å². The van der Waals surface area contributed by atoms with Crippen LogP contribution in [0.2, 0.25) is 0 Å². The van der Waals surface area contributed by atoms with Gasteiger partial charge in [0.2, 0.25) is 0 Å². The average molecular weight is 242 g/mol. The third-order valence-electron chi connectivity index (χ3n) is 2.94. The Bertz CT molecular complexity index is 311. The molecule has 17 heavy (non-hydrogen) atoms. The first-order valence-electron chi connectivity index (χ1n) is 5.72. The van der Waals surface area contributed by atoms with E-state index in [4.69, 9.17) is 18.6 Å². The van der Waals surface area contributed by atoms with Crippen LogP contribution in [-0.4, -0.2) is 38.3 Å². The number of ether oxygens (including phenoxy) is 3. The molecule has 96 valence electrons. The van der Waals surface area contributed by atoms with Crippen molar-refractivity contribution in [1.29, 1.82) is 0 Å². The van der Waals surface area contributed by atoms with Gasteiger partial charge in [0.25, 0.3) is 0 Å². The van der Waals surface area contributed by atoms with Gasteiger partial charge in [0, 0.05) is 19.6 Å². The molecular weight excluding hydrogens is 224 g/mol. The zero-order valence-corrected chi connectivity index (χ0v) is 9.87. The molecule has 0 bridgehead atoms. The van der Waals surface area contributed by atoms with Crippen LogP contribution < -0.4 is 0 Å². The van der Waals surface area contributed by atoms with Gasteiger partial charge in [0.15, 0.2) is 0 Å². The lowest BCUT2D eigenvalue weighted by atomic mass is 9.97. The largest absolute Gasteiger partial charge is 0.466 e. The molecule has 1 aromatic rings. The summed E-state index contributed by atoms with van der Waals surface area (Å²) >= 11 is 0. The Morgan fingerprint density at radius 1 is 1.59 bits per heavy atom. The van der Waals surface area contributed by atoms with Crippen LogP contribution in [-0.2, 0) is 14.2 Å². The molecule has 1 aliphatic rings. The molecule has 5 nitrogen and oxygen atoms in total. The van der Waals surface area contributed by atoms with E-state index < -0.39 is 6.10 Å². The lowest BCUT2D eigenvalue weighted by Gasteiger charge is -2.22. The topological polar surface area (TPSA) is 61.1 Å². The van der Waals surface area contributed by atoms with Crippen LogP contribution in [0.1, 0.15) is 18.3 Å². The quantitative estimate of drug-likeness (QED) is 0.602. The Labute approximate surface area is 100 Å². The van der Waals surface area contributed by atoms with Crippen LogP contribution in [0.5, 0.6) is 0 Å². The summed E-state index contributed by atoms with van der Waals surface area (Å²) in [5.41, 5.74) is 0. The predicted molar refractivity (Wildman–Crippen MR) is 59.3 cm³/mol. The van der Waals surface area contributed by atoms with Gasteiger partial charge in [0.05, 0.1) is 19.0 Å². The summed E-state index contributed by atoms with van der Waals surface area (Å²) in [6.07, 6.45) is 1.43. The number of aliphatic hydroxyl groups is 1. The molecule has 1 fully saturated rings. The van der Waals surface area contributed by atoms with E-state index in [2.05, 4.69) is 0 Å². The van der Waals surface area contributed by atoms with E-state index in [1.165, 1.54) is 0 Å². The standard InChI is InChI=1S/C12H18O5/c1-14-8-15-7-9-4-6-17-12(9)11(13)10-3-2-5-16-10/h2-3,5,9,11-13H,4,6-8H2,1H3/t9-,11?,12-/m0/s1. The number of furan rings is 1. The smallest absolute Gasteiger partial charge is 0.146 e. The molecule has 3 atom stereocenters. The van der Waals surface area contributed by atoms with Crippen molar-refractivity contribution in [3.63, 3.8) is 0 Å². The zero-order valence-electron chi connectivity index (χ0n) is 9.87. The lowest BCUT2D eigenvalue weighted by molar-refractivity contribution is -0.0763. The Balaban J connectivity index is 1.90. The normalized spacial score (nSPS) is 26.2. The highest BCUT2D eigenvalue weighted by Crippen LogP contribution is 2.31. The Morgan fingerprint density at radius 3 is 3.18 bits per heavy atom. The number of aliphatic hydroxyl groups excluding tert-OH is 1. The minimum atomic E-state index is -0.733. The van der Waals surface area contributed by atoms with Gasteiger partial charge in [-0.05, 0) is 18.6 Å². The summed E-state index contributed by atoms with van der Waals surface area (Å²) in [6, 6.07) is 3.50. The maximum Gasteiger partial charge on any atom is 0.146 e. The lowest BCUT2D eigenvalue weighted by Crippen LogP contribution is -2.27. The van der Waals surface area contributed by atoms with Gasteiger partial charge in [-0.25, -0.2) is 0 Å². The van der Waals surface area contributed by atoms with Crippen molar-refractivity contribution in [3.05, 3.63) is 24.2 Å². The van der Waals surface area contributed by atoms with Crippen molar-refractivity contribution in [3.8, 4) is 0 Å². The molecule has 1 aliphatic heterocycles. The van der Waals surface area contributed by atoms with Crippen molar-refractivity contribution in [2.75, 3.05) is 27.1 Å². The highest BCUT2D eigenvalue weighted by Gasteiger charge is 2.36. The van der Waals surface area contributed by atoms with Gasteiger partial charge >= 0.3 is 0 Å². The SMILES string of the molecule is COCOC[C@@H]1CCO[C@@H]1C(O)c1ccco1. The highest BCUT2D eigenvalue weighted by molar-refractivity contribution is 5.05. The Morgan fingerprint density at radius 2 is 2.47 bits per heavy atom. The van der Waals surface area contributed by atoms with Crippen LogP contribution in [0.4, 0.5) is 0 Å². The third kappa shape index (κ3) is 3.07. The molecule has 0 amide bonds. The monoisotopic (exact) mass is 242 g/mol. The number of rotatable bonds is 6. The van der Waals surface area contributed by atoms with Gasteiger partial charge < -0.3 is 23.7 Å². The maximum absolute atomic E-state index is 10.1. The van der Waals surface area contributed by atoms with E-state index in [9.17, 15) is 5.11 Å². The first kappa shape index (κ1) is 12.6. The fourth-order valence-corrected chi connectivity index (χ4v) is 2.09. The van der Waals surface area contributed by atoms with Gasteiger partial charge in [-0.2, -0.15) is 0 Å². The molecule has 2 heterocycles. The van der Waals surface area contributed by atoms with Crippen molar-refractivity contribution in [2.45, 2.75) is 18.6 Å². The molecule has 1 saturated heterocycles.